The van der Waals surface area contributed by atoms with Crippen LogP contribution in [0.1, 0.15) is 11.1 Å². The van der Waals surface area contributed by atoms with E-state index in [2.05, 4.69) is 31.9 Å². The SMILES string of the molecule is Cc1ccc(Br)cc1Oc1cc(Br)ccc1CCN. The Labute approximate surface area is 130 Å². The summed E-state index contributed by atoms with van der Waals surface area (Å²) in [5.74, 6) is 1.70. The number of ether oxygens (including phenoxy) is 1. The molecule has 19 heavy (non-hydrogen) atoms. The third-order valence-corrected chi connectivity index (χ3v) is 3.80. The fraction of sp³-hybridized carbons (Fsp3) is 0.200. The highest BCUT2D eigenvalue weighted by molar-refractivity contribution is 9.10. The maximum absolute atomic E-state index is 6.04. The first-order valence-electron chi connectivity index (χ1n) is 6.02. The van der Waals surface area contributed by atoms with Crippen LogP contribution >= 0.6 is 31.9 Å². The molecular weight excluding hydrogens is 370 g/mol. The first-order valence-corrected chi connectivity index (χ1v) is 7.61. The Morgan fingerprint density at radius 3 is 2.32 bits per heavy atom. The van der Waals surface area contributed by atoms with Gasteiger partial charge in [0.25, 0.3) is 0 Å². The van der Waals surface area contributed by atoms with Crippen molar-refractivity contribution in [2.45, 2.75) is 13.3 Å². The van der Waals surface area contributed by atoms with Crippen LogP contribution in [0.25, 0.3) is 0 Å². The van der Waals surface area contributed by atoms with Gasteiger partial charge in [-0.15, -0.1) is 0 Å². The molecule has 0 aliphatic rings. The molecule has 0 aliphatic carbocycles. The minimum Gasteiger partial charge on any atom is -0.457 e. The summed E-state index contributed by atoms with van der Waals surface area (Å²) < 4.78 is 8.04. The Hall–Kier alpha value is -0.840. The number of nitrogens with two attached hydrogens (primary N) is 1. The van der Waals surface area contributed by atoms with E-state index in [-0.39, 0.29) is 0 Å². The van der Waals surface area contributed by atoms with Crippen LogP contribution < -0.4 is 10.5 Å². The number of benzene rings is 2. The Morgan fingerprint density at radius 2 is 1.63 bits per heavy atom. The van der Waals surface area contributed by atoms with Gasteiger partial charge in [-0.1, -0.05) is 44.0 Å². The minimum absolute atomic E-state index is 0.607. The van der Waals surface area contributed by atoms with Crippen molar-refractivity contribution in [3.63, 3.8) is 0 Å². The third kappa shape index (κ3) is 3.81. The molecule has 0 heterocycles. The van der Waals surface area contributed by atoms with E-state index in [0.717, 1.165) is 38.0 Å². The molecule has 2 aromatic carbocycles. The lowest BCUT2D eigenvalue weighted by Crippen LogP contribution is -2.04. The highest BCUT2D eigenvalue weighted by Gasteiger charge is 2.08. The zero-order valence-corrected chi connectivity index (χ0v) is 13.8. The van der Waals surface area contributed by atoms with E-state index in [1.54, 1.807) is 0 Å². The van der Waals surface area contributed by atoms with Crippen molar-refractivity contribution in [1.29, 1.82) is 0 Å². The number of halogens is 2. The molecule has 0 fully saturated rings. The van der Waals surface area contributed by atoms with Crippen molar-refractivity contribution in [3.8, 4) is 11.5 Å². The monoisotopic (exact) mass is 383 g/mol. The average molecular weight is 385 g/mol. The maximum atomic E-state index is 6.04. The van der Waals surface area contributed by atoms with Crippen molar-refractivity contribution in [2.24, 2.45) is 5.73 Å². The molecule has 2 rings (SSSR count). The van der Waals surface area contributed by atoms with Crippen molar-refractivity contribution in [3.05, 3.63) is 56.5 Å². The molecule has 2 N–H and O–H groups in total. The fourth-order valence-electron chi connectivity index (χ4n) is 1.79. The molecule has 0 amide bonds. The maximum Gasteiger partial charge on any atom is 0.131 e. The van der Waals surface area contributed by atoms with E-state index < -0.39 is 0 Å². The number of rotatable bonds is 4. The van der Waals surface area contributed by atoms with Crippen molar-refractivity contribution in [2.75, 3.05) is 6.54 Å². The summed E-state index contributed by atoms with van der Waals surface area (Å²) in [7, 11) is 0. The molecule has 0 aliphatic heterocycles. The van der Waals surface area contributed by atoms with E-state index in [0.29, 0.717) is 6.54 Å². The quantitative estimate of drug-likeness (QED) is 0.820. The highest BCUT2D eigenvalue weighted by Crippen LogP contribution is 2.32. The first-order chi connectivity index (χ1) is 9.10. The zero-order valence-electron chi connectivity index (χ0n) is 10.6. The second-order valence-electron chi connectivity index (χ2n) is 4.30. The van der Waals surface area contributed by atoms with Gasteiger partial charge < -0.3 is 10.5 Å². The van der Waals surface area contributed by atoms with Gasteiger partial charge in [-0.3, -0.25) is 0 Å². The normalized spacial score (nSPS) is 10.5. The number of hydrogen-bond acceptors (Lipinski definition) is 2. The van der Waals surface area contributed by atoms with Gasteiger partial charge in [-0.25, -0.2) is 0 Å². The summed E-state index contributed by atoms with van der Waals surface area (Å²) in [5.41, 5.74) is 7.85. The van der Waals surface area contributed by atoms with Crippen LogP contribution in [0.3, 0.4) is 0 Å². The molecule has 0 spiro atoms. The Morgan fingerprint density at radius 1 is 1.00 bits per heavy atom. The van der Waals surface area contributed by atoms with E-state index in [1.165, 1.54) is 0 Å². The summed E-state index contributed by atoms with van der Waals surface area (Å²) >= 11 is 6.94. The molecule has 0 aromatic heterocycles. The Kier molecular flexibility index (Phi) is 5.02. The first kappa shape index (κ1) is 14.6. The van der Waals surface area contributed by atoms with E-state index in [1.807, 2.05) is 43.3 Å². The molecule has 4 heteroatoms. The van der Waals surface area contributed by atoms with E-state index in [9.17, 15) is 0 Å². The van der Waals surface area contributed by atoms with Gasteiger partial charge in [0.05, 0.1) is 0 Å². The lowest BCUT2D eigenvalue weighted by Gasteiger charge is -2.13. The number of aryl methyl sites for hydroxylation is 1. The lowest BCUT2D eigenvalue weighted by atomic mass is 10.1. The van der Waals surface area contributed by atoms with E-state index >= 15 is 0 Å². The van der Waals surface area contributed by atoms with Crippen LogP contribution in [0.2, 0.25) is 0 Å². The molecule has 0 bridgehead atoms. The average Bonchev–Trinajstić information content (AvgIpc) is 2.37. The van der Waals surface area contributed by atoms with Gasteiger partial charge in [-0.05, 0) is 55.3 Å². The van der Waals surface area contributed by atoms with Crippen LogP contribution in [0.5, 0.6) is 11.5 Å². The van der Waals surface area contributed by atoms with Crippen LogP contribution in [0, 0.1) is 6.92 Å². The van der Waals surface area contributed by atoms with Crippen LogP contribution in [-0.2, 0) is 6.42 Å². The fourth-order valence-corrected chi connectivity index (χ4v) is 2.47. The van der Waals surface area contributed by atoms with Crippen molar-refractivity contribution >= 4 is 31.9 Å². The molecule has 0 saturated heterocycles. The molecular formula is C15H15Br2NO. The number of hydrogen-bond donors (Lipinski definition) is 1. The van der Waals surface area contributed by atoms with Crippen LogP contribution in [0.4, 0.5) is 0 Å². The summed E-state index contributed by atoms with van der Waals surface area (Å²) in [6, 6.07) is 12.0. The largest absolute Gasteiger partial charge is 0.457 e. The minimum atomic E-state index is 0.607. The molecule has 0 saturated carbocycles. The standard InChI is InChI=1S/C15H15Br2NO/c1-10-2-4-12(16)8-14(10)19-15-9-13(17)5-3-11(15)6-7-18/h2-5,8-9H,6-7,18H2,1H3. The third-order valence-electron chi connectivity index (χ3n) is 2.81. The van der Waals surface area contributed by atoms with Gasteiger partial charge in [0.2, 0.25) is 0 Å². The molecule has 2 aromatic rings. The predicted octanol–water partition coefficient (Wildman–Crippen LogP) is 4.81. The van der Waals surface area contributed by atoms with Crippen molar-refractivity contribution < 1.29 is 4.74 Å². The summed E-state index contributed by atoms with van der Waals surface area (Å²) in [6.07, 6.45) is 0.801. The zero-order chi connectivity index (χ0) is 13.8. The molecule has 0 unspecified atom stereocenters. The van der Waals surface area contributed by atoms with Gasteiger partial charge in [0.15, 0.2) is 0 Å². The molecule has 0 atom stereocenters. The van der Waals surface area contributed by atoms with Gasteiger partial charge in [-0.2, -0.15) is 0 Å². The molecule has 100 valence electrons. The van der Waals surface area contributed by atoms with Crippen LogP contribution in [0.15, 0.2) is 45.3 Å². The lowest BCUT2D eigenvalue weighted by molar-refractivity contribution is 0.472. The highest BCUT2D eigenvalue weighted by atomic mass is 79.9. The topological polar surface area (TPSA) is 35.2 Å². The second kappa shape index (κ2) is 6.55. The Bertz CT molecular complexity index is 584. The van der Waals surface area contributed by atoms with E-state index in [4.69, 9.17) is 10.5 Å². The van der Waals surface area contributed by atoms with Gasteiger partial charge >= 0.3 is 0 Å². The van der Waals surface area contributed by atoms with Gasteiger partial charge in [0.1, 0.15) is 11.5 Å². The molecule has 0 radical (unpaired) electrons. The van der Waals surface area contributed by atoms with Crippen molar-refractivity contribution in [1.82, 2.24) is 0 Å². The summed E-state index contributed by atoms with van der Waals surface area (Å²) in [5, 5.41) is 0. The predicted molar refractivity (Wildman–Crippen MR) is 85.9 cm³/mol. The second-order valence-corrected chi connectivity index (χ2v) is 6.13. The van der Waals surface area contributed by atoms with Crippen LogP contribution in [-0.4, -0.2) is 6.54 Å². The molecule has 2 nitrogen and oxygen atoms in total. The smallest absolute Gasteiger partial charge is 0.131 e. The van der Waals surface area contributed by atoms with Gasteiger partial charge in [0, 0.05) is 8.95 Å². The summed E-state index contributed by atoms with van der Waals surface area (Å²) in [6.45, 7) is 2.64. The summed E-state index contributed by atoms with van der Waals surface area (Å²) in [4.78, 5) is 0. The Balaban J connectivity index is 2.36.